The van der Waals surface area contributed by atoms with Gasteiger partial charge in [0.2, 0.25) is 0 Å². The molecule has 0 aromatic heterocycles. The molecule has 4 heteroatoms. The van der Waals surface area contributed by atoms with Crippen LogP contribution >= 0.6 is 0 Å². The number of hydrogen-bond donors (Lipinski definition) is 2. The molecule has 104 valence electrons. The van der Waals surface area contributed by atoms with Gasteiger partial charge < -0.3 is 15.3 Å². The third-order valence-electron chi connectivity index (χ3n) is 3.71. The monoisotopic (exact) mass is 262 g/mol. The van der Waals surface area contributed by atoms with Crippen molar-refractivity contribution in [1.29, 1.82) is 0 Å². The third kappa shape index (κ3) is 3.26. The molecule has 0 bridgehead atoms. The SMILES string of the molecule is CCc1ccccc1N1CC(C)NCC(C(=O)O)C1. The summed E-state index contributed by atoms with van der Waals surface area (Å²) in [6, 6.07) is 8.57. The number of aryl methyl sites for hydroxylation is 1. The number of rotatable bonds is 3. The number of benzene rings is 1. The topological polar surface area (TPSA) is 52.6 Å². The first kappa shape index (κ1) is 13.9. The second-order valence-electron chi connectivity index (χ2n) is 5.23. The average Bonchev–Trinajstić information content (AvgIpc) is 2.60. The van der Waals surface area contributed by atoms with Crippen LogP contribution in [0, 0.1) is 5.92 Å². The molecule has 2 N–H and O–H groups in total. The largest absolute Gasteiger partial charge is 0.481 e. The highest BCUT2D eigenvalue weighted by atomic mass is 16.4. The van der Waals surface area contributed by atoms with Crippen LogP contribution < -0.4 is 10.2 Å². The molecule has 1 aromatic carbocycles. The molecule has 2 rings (SSSR count). The summed E-state index contributed by atoms with van der Waals surface area (Å²) >= 11 is 0. The summed E-state index contributed by atoms with van der Waals surface area (Å²) in [5.41, 5.74) is 2.45. The molecule has 19 heavy (non-hydrogen) atoms. The van der Waals surface area contributed by atoms with Gasteiger partial charge in [0.25, 0.3) is 0 Å². The van der Waals surface area contributed by atoms with Gasteiger partial charge in [0.15, 0.2) is 0 Å². The Labute approximate surface area is 114 Å². The Kier molecular flexibility index (Phi) is 4.43. The van der Waals surface area contributed by atoms with Crippen LogP contribution in [0.4, 0.5) is 5.69 Å². The number of hydrogen-bond acceptors (Lipinski definition) is 3. The Hall–Kier alpha value is -1.55. The van der Waals surface area contributed by atoms with Crippen LogP contribution in [0.25, 0.3) is 0 Å². The van der Waals surface area contributed by atoms with E-state index in [1.807, 2.05) is 12.1 Å². The highest BCUT2D eigenvalue weighted by Crippen LogP contribution is 2.23. The summed E-state index contributed by atoms with van der Waals surface area (Å²) in [6.07, 6.45) is 0.965. The highest BCUT2D eigenvalue weighted by Gasteiger charge is 2.27. The van der Waals surface area contributed by atoms with E-state index in [9.17, 15) is 9.90 Å². The summed E-state index contributed by atoms with van der Waals surface area (Å²) in [5.74, 6) is -1.07. The minimum absolute atomic E-state index is 0.300. The van der Waals surface area contributed by atoms with Crippen molar-refractivity contribution in [2.24, 2.45) is 5.92 Å². The molecule has 2 unspecified atom stereocenters. The predicted octanol–water partition coefficient (Wildman–Crippen LogP) is 1.75. The molecule has 1 heterocycles. The van der Waals surface area contributed by atoms with Crippen LogP contribution in [0.1, 0.15) is 19.4 Å². The van der Waals surface area contributed by atoms with E-state index in [1.165, 1.54) is 11.3 Å². The maximum Gasteiger partial charge on any atom is 0.309 e. The Morgan fingerprint density at radius 3 is 2.84 bits per heavy atom. The van der Waals surface area contributed by atoms with Crippen LogP contribution in [0.2, 0.25) is 0 Å². The lowest BCUT2D eigenvalue weighted by molar-refractivity contribution is -0.141. The Bertz CT molecular complexity index is 448. The second kappa shape index (κ2) is 6.06. The first-order valence-electron chi connectivity index (χ1n) is 6.90. The normalized spacial score (nSPS) is 24.0. The fourth-order valence-corrected chi connectivity index (χ4v) is 2.62. The smallest absolute Gasteiger partial charge is 0.309 e. The van der Waals surface area contributed by atoms with Crippen molar-refractivity contribution in [3.8, 4) is 0 Å². The van der Waals surface area contributed by atoms with Gasteiger partial charge in [0, 0.05) is 31.4 Å². The number of nitrogens with one attached hydrogen (secondary N) is 1. The molecule has 2 atom stereocenters. The molecule has 0 radical (unpaired) electrons. The van der Waals surface area contributed by atoms with E-state index in [0.717, 1.165) is 13.0 Å². The molecule has 1 aliphatic heterocycles. The van der Waals surface area contributed by atoms with E-state index in [-0.39, 0.29) is 5.92 Å². The van der Waals surface area contributed by atoms with Crippen LogP contribution in [-0.4, -0.2) is 36.8 Å². The number of carboxylic acid groups (broad SMARTS) is 1. The zero-order valence-electron chi connectivity index (χ0n) is 11.6. The van der Waals surface area contributed by atoms with Crippen molar-refractivity contribution >= 4 is 11.7 Å². The van der Waals surface area contributed by atoms with Gasteiger partial charge in [-0.15, -0.1) is 0 Å². The average molecular weight is 262 g/mol. The van der Waals surface area contributed by atoms with Gasteiger partial charge in [-0.2, -0.15) is 0 Å². The van der Waals surface area contributed by atoms with E-state index >= 15 is 0 Å². The van der Waals surface area contributed by atoms with E-state index in [4.69, 9.17) is 0 Å². The van der Waals surface area contributed by atoms with E-state index in [1.54, 1.807) is 0 Å². The minimum Gasteiger partial charge on any atom is -0.481 e. The number of anilines is 1. The fraction of sp³-hybridized carbons (Fsp3) is 0.533. The van der Waals surface area contributed by atoms with E-state index < -0.39 is 5.97 Å². The summed E-state index contributed by atoms with van der Waals surface area (Å²) in [5, 5.41) is 12.6. The maximum atomic E-state index is 11.3. The Morgan fingerprint density at radius 2 is 2.16 bits per heavy atom. The lowest BCUT2D eigenvalue weighted by Crippen LogP contribution is -2.35. The van der Waals surface area contributed by atoms with Crippen LogP contribution in [0.3, 0.4) is 0 Å². The molecular weight excluding hydrogens is 240 g/mol. The fourth-order valence-electron chi connectivity index (χ4n) is 2.62. The zero-order valence-corrected chi connectivity index (χ0v) is 11.6. The first-order chi connectivity index (χ1) is 9.11. The van der Waals surface area contributed by atoms with Crippen molar-refractivity contribution < 1.29 is 9.90 Å². The van der Waals surface area contributed by atoms with E-state index in [2.05, 4.69) is 36.2 Å². The van der Waals surface area contributed by atoms with Crippen molar-refractivity contribution in [3.05, 3.63) is 29.8 Å². The number of aliphatic carboxylic acids is 1. The summed E-state index contributed by atoms with van der Waals surface area (Å²) in [4.78, 5) is 13.5. The molecule has 4 nitrogen and oxygen atoms in total. The van der Waals surface area contributed by atoms with E-state index in [0.29, 0.717) is 19.1 Å². The lowest BCUT2D eigenvalue weighted by atomic mass is 10.1. The second-order valence-corrected chi connectivity index (χ2v) is 5.23. The van der Waals surface area contributed by atoms with Gasteiger partial charge in [0.1, 0.15) is 0 Å². The molecule has 1 aromatic rings. The molecule has 1 saturated heterocycles. The van der Waals surface area contributed by atoms with Crippen molar-refractivity contribution in [3.63, 3.8) is 0 Å². The summed E-state index contributed by atoms with van der Waals surface area (Å²) in [6.45, 7) is 6.20. The first-order valence-corrected chi connectivity index (χ1v) is 6.90. The minimum atomic E-state index is -0.722. The standard InChI is InChI=1S/C15H22N2O2/c1-3-12-6-4-5-7-14(12)17-9-11(2)16-8-13(10-17)15(18)19/h4-7,11,13,16H,3,8-10H2,1-2H3,(H,18,19). The maximum absolute atomic E-state index is 11.3. The number of para-hydroxylation sites is 1. The van der Waals surface area contributed by atoms with Gasteiger partial charge in [-0.3, -0.25) is 4.79 Å². The number of carboxylic acids is 1. The summed E-state index contributed by atoms with van der Waals surface area (Å²) in [7, 11) is 0. The van der Waals surface area contributed by atoms with Gasteiger partial charge in [-0.05, 0) is 25.0 Å². The summed E-state index contributed by atoms with van der Waals surface area (Å²) < 4.78 is 0. The Morgan fingerprint density at radius 1 is 1.42 bits per heavy atom. The number of carbonyl (C=O) groups is 1. The van der Waals surface area contributed by atoms with Crippen LogP contribution in [0.5, 0.6) is 0 Å². The van der Waals surface area contributed by atoms with Gasteiger partial charge in [0.05, 0.1) is 5.92 Å². The third-order valence-corrected chi connectivity index (χ3v) is 3.71. The predicted molar refractivity (Wildman–Crippen MR) is 76.6 cm³/mol. The molecule has 1 fully saturated rings. The number of nitrogens with zero attached hydrogens (tertiary/aromatic N) is 1. The van der Waals surface area contributed by atoms with Gasteiger partial charge in [-0.1, -0.05) is 25.1 Å². The highest BCUT2D eigenvalue weighted by molar-refractivity contribution is 5.71. The van der Waals surface area contributed by atoms with Gasteiger partial charge in [-0.25, -0.2) is 0 Å². The van der Waals surface area contributed by atoms with Crippen LogP contribution in [0.15, 0.2) is 24.3 Å². The van der Waals surface area contributed by atoms with Crippen molar-refractivity contribution in [2.75, 3.05) is 24.5 Å². The van der Waals surface area contributed by atoms with Crippen molar-refractivity contribution in [2.45, 2.75) is 26.3 Å². The van der Waals surface area contributed by atoms with Gasteiger partial charge >= 0.3 is 5.97 Å². The van der Waals surface area contributed by atoms with Crippen molar-refractivity contribution in [1.82, 2.24) is 5.32 Å². The molecule has 0 saturated carbocycles. The zero-order chi connectivity index (χ0) is 13.8. The molecule has 1 aliphatic rings. The molecule has 0 aliphatic carbocycles. The quantitative estimate of drug-likeness (QED) is 0.871. The van der Waals surface area contributed by atoms with Crippen LogP contribution in [-0.2, 0) is 11.2 Å². The molecule has 0 amide bonds. The lowest BCUT2D eigenvalue weighted by Gasteiger charge is -2.28. The molecular formula is C15H22N2O2. The Balaban J connectivity index is 2.27. The molecule has 0 spiro atoms.